The van der Waals surface area contributed by atoms with Crippen molar-refractivity contribution in [1.29, 1.82) is 0 Å². The van der Waals surface area contributed by atoms with Crippen molar-refractivity contribution in [2.24, 2.45) is 0 Å². The van der Waals surface area contributed by atoms with E-state index < -0.39 is 18.7 Å². The highest BCUT2D eigenvalue weighted by Gasteiger charge is 2.17. The van der Waals surface area contributed by atoms with E-state index in [-0.39, 0.29) is 16.9 Å². The maximum Gasteiger partial charge on any atom is 0.417 e. The molecule has 3 aromatic heterocycles. The Kier molecular flexibility index (Phi) is 3.27. The molecule has 0 aliphatic heterocycles. The van der Waals surface area contributed by atoms with Gasteiger partial charge in [-0.1, -0.05) is 16.8 Å². The summed E-state index contributed by atoms with van der Waals surface area (Å²) in [7, 11) is 0. The average molecular weight is 353 g/mol. The molecule has 0 aliphatic rings. The summed E-state index contributed by atoms with van der Waals surface area (Å²) in [6.07, 6.45) is -1.22. The summed E-state index contributed by atoms with van der Waals surface area (Å²) in [5.41, 5.74) is 1.61. The van der Waals surface area contributed by atoms with E-state index in [4.69, 9.17) is 16.0 Å². The Morgan fingerprint density at radius 3 is 3.00 bits per heavy atom. The maximum atomic E-state index is 12.5. The van der Waals surface area contributed by atoms with Crippen LogP contribution in [-0.2, 0) is 6.54 Å². The SMILES string of the molecule is O=c1[nH]c2c(Cl)ccc(-c3cnc4c(nnn4CC(F)F)n3)c2o1. The van der Waals surface area contributed by atoms with Gasteiger partial charge >= 0.3 is 5.76 Å². The zero-order chi connectivity index (χ0) is 16.8. The first-order chi connectivity index (χ1) is 11.5. The summed E-state index contributed by atoms with van der Waals surface area (Å²) >= 11 is 6.01. The van der Waals surface area contributed by atoms with Gasteiger partial charge in [-0.15, -0.1) is 5.10 Å². The number of hydrogen-bond donors (Lipinski definition) is 1. The summed E-state index contributed by atoms with van der Waals surface area (Å²) in [5.74, 6) is -0.656. The summed E-state index contributed by atoms with van der Waals surface area (Å²) in [6.45, 7) is -0.623. The fourth-order valence-corrected chi connectivity index (χ4v) is 2.54. The highest BCUT2D eigenvalue weighted by Crippen LogP contribution is 2.30. The minimum absolute atomic E-state index is 0.106. The van der Waals surface area contributed by atoms with Gasteiger partial charge in [0.05, 0.1) is 16.9 Å². The number of nitrogens with zero attached hydrogens (tertiary/aromatic N) is 5. The maximum absolute atomic E-state index is 12.5. The molecule has 4 rings (SSSR count). The molecule has 0 saturated carbocycles. The monoisotopic (exact) mass is 352 g/mol. The van der Waals surface area contributed by atoms with Gasteiger partial charge in [-0.25, -0.2) is 28.2 Å². The normalized spacial score (nSPS) is 11.8. The number of aromatic amines is 1. The van der Waals surface area contributed by atoms with Gasteiger partial charge in [-0.05, 0) is 12.1 Å². The molecule has 1 N–H and O–H groups in total. The minimum Gasteiger partial charge on any atom is -0.407 e. The van der Waals surface area contributed by atoms with Crippen molar-refractivity contribution in [3.63, 3.8) is 0 Å². The Morgan fingerprint density at radius 2 is 2.21 bits per heavy atom. The van der Waals surface area contributed by atoms with Crippen molar-refractivity contribution in [2.75, 3.05) is 0 Å². The Hall–Kier alpha value is -2.88. The van der Waals surface area contributed by atoms with E-state index in [1.165, 1.54) is 6.20 Å². The molecule has 0 bridgehead atoms. The van der Waals surface area contributed by atoms with Gasteiger partial charge in [0, 0.05) is 5.56 Å². The van der Waals surface area contributed by atoms with Gasteiger partial charge in [-0.2, -0.15) is 0 Å². The van der Waals surface area contributed by atoms with E-state index >= 15 is 0 Å². The van der Waals surface area contributed by atoms with Crippen LogP contribution in [0, 0.1) is 0 Å². The van der Waals surface area contributed by atoms with Crippen molar-refractivity contribution < 1.29 is 13.2 Å². The molecule has 122 valence electrons. The third-order valence-corrected chi connectivity index (χ3v) is 3.66. The largest absolute Gasteiger partial charge is 0.417 e. The van der Waals surface area contributed by atoms with Gasteiger partial charge in [0.1, 0.15) is 12.1 Å². The highest BCUT2D eigenvalue weighted by molar-refractivity contribution is 6.35. The Bertz CT molecular complexity index is 1120. The molecular weight excluding hydrogens is 346 g/mol. The van der Waals surface area contributed by atoms with E-state index in [0.717, 1.165) is 4.68 Å². The van der Waals surface area contributed by atoms with Crippen LogP contribution in [0.15, 0.2) is 27.5 Å². The van der Waals surface area contributed by atoms with Crippen LogP contribution < -0.4 is 5.76 Å². The first-order valence-corrected chi connectivity index (χ1v) is 7.07. The second kappa shape index (κ2) is 5.34. The molecular formula is C13H7ClF2N6O2. The lowest BCUT2D eigenvalue weighted by molar-refractivity contribution is 0.122. The second-order valence-corrected chi connectivity index (χ2v) is 5.29. The molecule has 0 aliphatic carbocycles. The third kappa shape index (κ3) is 2.31. The van der Waals surface area contributed by atoms with E-state index in [1.54, 1.807) is 12.1 Å². The molecule has 0 unspecified atom stereocenters. The van der Waals surface area contributed by atoms with Crippen molar-refractivity contribution in [1.82, 2.24) is 29.9 Å². The van der Waals surface area contributed by atoms with Crippen LogP contribution in [0.1, 0.15) is 0 Å². The molecule has 11 heteroatoms. The number of alkyl halides is 2. The van der Waals surface area contributed by atoms with Crippen LogP contribution in [-0.4, -0.2) is 36.4 Å². The average Bonchev–Trinajstić information content (AvgIpc) is 3.11. The number of hydrogen-bond acceptors (Lipinski definition) is 6. The highest BCUT2D eigenvalue weighted by atomic mass is 35.5. The summed E-state index contributed by atoms with van der Waals surface area (Å²) < 4.78 is 31.1. The van der Waals surface area contributed by atoms with Crippen LogP contribution >= 0.6 is 11.6 Å². The van der Waals surface area contributed by atoms with E-state index in [9.17, 15) is 13.6 Å². The molecule has 0 radical (unpaired) electrons. The van der Waals surface area contributed by atoms with Crippen LogP contribution in [0.4, 0.5) is 8.78 Å². The number of halogens is 3. The first-order valence-electron chi connectivity index (χ1n) is 6.69. The minimum atomic E-state index is -2.58. The van der Waals surface area contributed by atoms with Gasteiger partial charge in [0.2, 0.25) is 5.65 Å². The molecule has 0 atom stereocenters. The fraction of sp³-hybridized carbons (Fsp3) is 0.154. The van der Waals surface area contributed by atoms with Gasteiger partial charge in [0.25, 0.3) is 6.43 Å². The van der Waals surface area contributed by atoms with Crippen molar-refractivity contribution >= 4 is 34.0 Å². The summed E-state index contributed by atoms with van der Waals surface area (Å²) in [4.78, 5) is 22.2. The molecule has 0 amide bonds. The standard InChI is InChI=1S/C13H7ClF2N6O2/c14-6-2-1-5(10-9(6)19-13(23)24-10)7-3-17-12-11(18-7)20-21-22(12)4-8(15)16/h1-3,8H,4H2,(H,19,23). The number of aromatic nitrogens is 6. The molecule has 4 aromatic rings. The Morgan fingerprint density at radius 1 is 1.38 bits per heavy atom. The van der Waals surface area contributed by atoms with Crippen LogP contribution in [0.5, 0.6) is 0 Å². The number of fused-ring (bicyclic) bond motifs is 2. The molecule has 0 spiro atoms. The number of benzene rings is 1. The van der Waals surface area contributed by atoms with Crippen molar-refractivity contribution in [2.45, 2.75) is 13.0 Å². The number of rotatable bonds is 3. The number of nitrogens with one attached hydrogen (secondary N) is 1. The second-order valence-electron chi connectivity index (χ2n) is 4.88. The summed E-state index contributed by atoms with van der Waals surface area (Å²) in [5, 5.41) is 7.67. The first kappa shape index (κ1) is 14.7. The van der Waals surface area contributed by atoms with Gasteiger partial charge in [0.15, 0.2) is 11.2 Å². The number of H-pyrrole nitrogens is 1. The van der Waals surface area contributed by atoms with Crippen molar-refractivity contribution in [3.05, 3.63) is 33.9 Å². The third-order valence-electron chi connectivity index (χ3n) is 3.34. The summed E-state index contributed by atoms with van der Waals surface area (Å²) in [6, 6.07) is 3.19. The lowest BCUT2D eigenvalue weighted by Gasteiger charge is -2.03. The quantitative estimate of drug-likeness (QED) is 0.606. The van der Waals surface area contributed by atoms with Crippen LogP contribution in [0.25, 0.3) is 33.7 Å². The zero-order valence-electron chi connectivity index (χ0n) is 11.7. The fourth-order valence-electron chi connectivity index (χ4n) is 2.35. The van der Waals surface area contributed by atoms with Crippen LogP contribution in [0.3, 0.4) is 0 Å². The van der Waals surface area contributed by atoms with Gasteiger partial charge in [-0.3, -0.25) is 4.98 Å². The molecule has 24 heavy (non-hydrogen) atoms. The molecule has 3 heterocycles. The number of oxazole rings is 1. The zero-order valence-corrected chi connectivity index (χ0v) is 12.5. The Labute approximate surface area is 136 Å². The predicted molar refractivity (Wildman–Crippen MR) is 80.0 cm³/mol. The van der Waals surface area contributed by atoms with E-state index in [0.29, 0.717) is 21.8 Å². The van der Waals surface area contributed by atoms with E-state index in [1.807, 2.05) is 0 Å². The smallest absolute Gasteiger partial charge is 0.407 e. The van der Waals surface area contributed by atoms with Gasteiger partial charge < -0.3 is 4.42 Å². The Balaban J connectivity index is 1.88. The molecule has 0 saturated heterocycles. The predicted octanol–water partition coefficient (Wildman–Crippen LogP) is 2.24. The topological polar surface area (TPSA) is 102 Å². The molecule has 0 fully saturated rings. The van der Waals surface area contributed by atoms with Crippen LogP contribution in [0.2, 0.25) is 5.02 Å². The molecule has 8 nitrogen and oxygen atoms in total. The molecule has 1 aromatic carbocycles. The van der Waals surface area contributed by atoms with E-state index in [2.05, 4.69) is 25.3 Å². The lowest BCUT2D eigenvalue weighted by Crippen LogP contribution is -2.08. The lowest BCUT2D eigenvalue weighted by atomic mass is 10.1. The van der Waals surface area contributed by atoms with Crippen molar-refractivity contribution in [3.8, 4) is 11.3 Å².